The van der Waals surface area contributed by atoms with Crippen LogP contribution in [0, 0.1) is 5.82 Å². The predicted octanol–water partition coefficient (Wildman–Crippen LogP) is 3.67. The Kier molecular flexibility index (Phi) is 5.70. The third kappa shape index (κ3) is 4.27. The molecule has 1 amide bonds. The van der Waals surface area contributed by atoms with E-state index >= 15 is 0 Å². The van der Waals surface area contributed by atoms with Gasteiger partial charge in [-0.3, -0.25) is 9.52 Å². The first-order valence-corrected chi connectivity index (χ1v) is 11.3. The van der Waals surface area contributed by atoms with Crippen LogP contribution in [0.5, 0.6) is 0 Å². The number of sulfonamides is 1. The molecule has 1 aliphatic carbocycles. The van der Waals surface area contributed by atoms with Gasteiger partial charge in [-0.2, -0.15) is 0 Å². The molecule has 0 aromatic heterocycles. The zero-order valence-electron chi connectivity index (χ0n) is 16.0. The third-order valence-electron chi connectivity index (χ3n) is 5.07. The van der Waals surface area contributed by atoms with Crippen molar-refractivity contribution in [1.82, 2.24) is 5.32 Å². The molecule has 0 heterocycles. The van der Waals surface area contributed by atoms with Gasteiger partial charge in [0.2, 0.25) is 0 Å². The summed E-state index contributed by atoms with van der Waals surface area (Å²) in [7, 11) is -4.32. The molecular formula is C22H18ClFN2O4S. The molecule has 0 bridgehead atoms. The van der Waals surface area contributed by atoms with Crippen molar-refractivity contribution in [1.29, 1.82) is 0 Å². The predicted molar refractivity (Wildman–Crippen MR) is 115 cm³/mol. The summed E-state index contributed by atoms with van der Waals surface area (Å²) in [5.74, 6) is -1.81. The molecule has 4 rings (SSSR count). The molecule has 0 aliphatic heterocycles. The van der Waals surface area contributed by atoms with Crippen molar-refractivity contribution in [2.45, 2.75) is 23.5 Å². The molecule has 0 spiro atoms. The van der Waals surface area contributed by atoms with Gasteiger partial charge in [0.05, 0.1) is 22.7 Å². The fraction of sp³-hybridized carbons (Fsp3) is 0.136. The van der Waals surface area contributed by atoms with Gasteiger partial charge in [0.1, 0.15) is 10.7 Å². The highest BCUT2D eigenvalue weighted by molar-refractivity contribution is 7.92. The Balaban J connectivity index is 1.64. The maximum absolute atomic E-state index is 14.5. The Morgan fingerprint density at radius 3 is 2.48 bits per heavy atom. The van der Waals surface area contributed by atoms with Crippen molar-refractivity contribution < 1.29 is 22.7 Å². The first-order valence-electron chi connectivity index (χ1n) is 9.40. The van der Waals surface area contributed by atoms with Crippen LogP contribution in [-0.4, -0.2) is 25.5 Å². The number of nitrogens with one attached hydrogen (secondary N) is 2. The van der Waals surface area contributed by atoms with Crippen molar-refractivity contribution in [3.05, 3.63) is 94.3 Å². The molecule has 0 fully saturated rings. The first-order chi connectivity index (χ1) is 14.8. The molecule has 6 nitrogen and oxygen atoms in total. The monoisotopic (exact) mass is 460 g/mol. The van der Waals surface area contributed by atoms with Gasteiger partial charge in [-0.15, -0.1) is 0 Å². The molecule has 1 aliphatic rings. The standard InChI is InChI=1S/C22H18ClFN2O4S/c23-17-12-18(24)20(31(29,30)26-14-7-2-1-3-8-14)11-16(17)22(28)25-21-15-9-5-4-6-13(15)10-19(21)27/h1-9,11-12,19,21,26-27H,10H2,(H,25,28). The average Bonchev–Trinajstić information content (AvgIpc) is 3.03. The summed E-state index contributed by atoms with van der Waals surface area (Å²) in [6.07, 6.45) is -0.470. The summed E-state index contributed by atoms with van der Waals surface area (Å²) in [6.45, 7) is 0. The first kappa shape index (κ1) is 21.3. The van der Waals surface area contributed by atoms with E-state index in [2.05, 4.69) is 10.0 Å². The number of fused-ring (bicyclic) bond motifs is 1. The number of aliphatic hydroxyl groups is 1. The number of hydrogen-bond donors (Lipinski definition) is 3. The largest absolute Gasteiger partial charge is 0.390 e. The fourth-order valence-corrected chi connectivity index (χ4v) is 4.97. The van der Waals surface area contributed by atoms with Crippen molar-refractivity contribution in [2.75, 3.05) is 4.72 Å². The van der Waals surface area contributed by atoms with Crippen LogP contribution < -0.4 is 10.0 Å². The number of aliphatic hydroxyl groups excluding tert-OH is 1. The van der Waals surface area contributed by atoms with E-state index in [1.54, 1.807) is 30.3 Å². The number of benzene rings is 3. The van der Waals surface area contributed by atoms with Crippen molar-refractivity contribution >= 4 is 33.2 Å². The quantitative estimate of drug-likeness (QED) is 0.541. The van der Waals surface area contributed by atoms with Crippen molar-refractivity contribution in [3.63, 3.8) is 0 Å². The molecule has 9 heteroatoms. The SMILES string of the molecule is O=C(NC1c2ccccc2CC1O)c1cc(S(=O)(=O)Nc2ccccc2)c(F)cc1Cl. The summed E-state index contributed by atoms with van der Waals surface area (Å²) in [5, 5.41) is 12.8. The Bertz CT molecular complexity index is 1250. The molecule has 3 aromatic rings. The van der Waals surface area contributed by atoms with Gasteiger partial charge in [-0.1, -0.05) is 54.1 Å². The zero-order valence-corrected chi connectivity index (χ0v) is 17.6. The minimum absolute atomic E-state index is 0.215. The number of amides is 1. The lowest BCUT2D eigenvalue weighted by molar-refractivity contribution is 0.0858. The van der Waals surface area contributed by atoms with E-state index in [4.69, 9.17) is 11.6 Å². The second-order valence-electron chi connectivity index (χ2n) is 7.16. The molecule has 0 saturated carbocycles. The second-order valence-corrected chi connectivity index (χ2v) is 9.21. The Hall–Kier alpha value is -2.94. The third-order valence-corrected chi connectivity index (χ3v) is 6.78. The van der Waals surface area contributed by atoms with Crippen LogP contribution >= 0.6 is 11.6 Å². The molecule has 0 saturated heterocycles. The number of hydrogen-bond acceptors (Lipinski definition) is 4. The number of carbonyl (C=O) groups excluding carboxylic acids is 1. The van der Waals surface area contributed by atoms with Crippen molar-refractivity contribution in [2.24, 2.45) is 0 Å². The minimum Gasteiger partial charge on any atom is -0.390 e. The summed E-state index contributed by atoms with van der Waals surface area (Å²) >= 11 is 6.05. The topological polar surface area (TPSA) is 95.5 Å². The number of anilines is 1. The van der Waals surface area contributed by atoms with Gasteiger partial charge in [0.15, 0.2) is 0 Å². The lowest BCUT2D eigenvalue weighted by Crippen LogP contribution is -2.34. The molecule has 160 valence electrons. The molecule has 31 heavy (non-hydrogen) atoms. The highest BCUT2D eigenvalue weighted by atomic mass is 35.5. The van der Waals surface area contributed by atoms with Gasteiger partial charge < -0.3 is 10.4 Å². The van der Waals surface area contributed by atoms with Crippen LogP contribution in [0.25, 0.3) is 0 Å². The highest BCUT2D eigenvalue weighted by Crippen LogP contribution is 2.32. The van der Waals surface area contributed by atoms with Gasteiger partial charge in [0.25, 0.3) is 15.9 Å². The Morgan fingerprint density at radius 1 is 1.06 bits per heavy atom. The molecule has 2 unspecified atom stereocenters. The summed E-state index contributed by atoms with van der Waals surface area (Å²) < 4.78 is 42.2. The lowest BCUT2D eigenvalue weighted by Gasteiger charge is -2.19. The Labute approximate surface area is 183 Å². The van der Waals surface area contributed by atoms with E-state index in [0.717, 1.165) is 23.3 Å². The van der Waals surface area contributed by atoms with Gasteiger partial charge >= 0.3 is 0 Å². The lowest BCUT2D eigenvalue weighted by atomic mass is 10.1. The van der Waals surface area contributed by atoms with Gasteiger partial charge in [0, 0.05) is 12.1 Å². The van der Waals surface area contributed by atoms with E-state index in [-0.39, 0.29) is 16.3 Å². The average molecular weight is 461 g/mol. The number of carbonyl (C=O) groups is 1. The summed E-state index contributed by atoms with van der Waals surface area (Å²) in [6, 6.07) is 16.3. The molecule has 0 radical (unpaired) electrons. The summed E-state index contributed by atoms with van der Waals surface area (Å²) in [4.78, 5) is 12.2. The van der Waals surface area contributed by atoms with E-state index in [0.29, 0.717) is 6.42 Å². The fourth-order valence-electron chi connectivity index (χ4n) is 3.59. The zero-order chi connectivity index (χ0) is 22.2. The van der Waals surface area contributed by atoms with Gasteiger partial charge in [-0.25, -0.2) is 12.8 Å². The van der Waals surface area contributed by atoms with E-state index in [1.807, 2.05) is 12.1 Å². The highest BCUT2D eigenvalue weighted by Gasteiger charge is 2.33. The molecule has 3 aromatic carbocycles. The van der Waals surface area contributed by atoms with Crippen LogP contribution in [0.1, 0.15) is 27.5 Å². The smallest absolute Gasteiger partial charge is 0.264 e. The van der Waals surface area contributed by atoms with Crippen molar-refractivity contribution in [3.8, 4) is 0 Å². The van der Waals surface area contributed by atoms with Crippen LogP contribution in [0.15, 0.2) is 71.6 Å². The normalized spacial score (nSPS) is 17.8. The summed E-state index contributed by atoms with van der Waals surface area (Å²) in [5.41, 5.74) is 1.70. The maximum Gasteiger partial charge on any atom is 0.264 e. The molecule has 2 atom stereocenters. The second kappa shape index (κ2) is 8.30. The van der Waals surface area contributed by atoms with E-state index in [1.165, 1.54) is 12.1 Å². The van der Waals surface area contributed by atoms with Crippen LogP contribution in [0.4, 0.5) is 10.1 Å². The van der Waals surface area contributed by atoms with E-state index in [9.17, 15) is 22.7 Å². The van der Waals surface area contributed by atoms with E-state index < -0.39 is 38.8 Å². The van der Waals surface area contributed by atoms with Crippen LogP contribution in [0.3, 0.4) is 0 Å². The number of rotatable bonds is 5. The molecule has 3 N–H and O–H groups in total. The van der Waals surface area contributed by atoms with Gasteiger partial charge in [-0.05, 0) is 35.4 Å². The minimum atomic E-state index is -4.32. The Morgan fingerprint density at radius 2 is 1.74 bits per heavy atom. The van der Waals surface area contributed by atoms with Crippen LogP contribution in [0.2, 0.25) is 5.02 Å². The number of halogens is 2. The maximum atomic E-state index is 14.5. The number of para-hydroxylation sites is 1. The van der Waals surface area contributed by atoms with Crippen LogP contribution in [-0.2, 0) is 16.4 Å². The molecular weight excluding hydrogens is 443 g/mol.